The van der Waals surface area contributed by atoms with Crippen molar-refractivity contribution in [3.63, 3.8) is 0 Å². The first kappa shape index (κ1) is 15.4. The van der Waals surface area contributed by atoms with Gasteiger partial charge in [0, 0.05) is 10.6 Å². The summed E-state index contributed by atoms with van der Waals surface area (Å²) < 4.78 is 10.4. The second-order valence-corrected chi connectivity index (χ2v) is 6.39. The average molecular weight is 350 g/mol. The summed E-state index contributed by atoms with van der Waals surface area (Å²) in [5, 5.41) is 3.50. The van der Waals surface area contributed by atoms with Crippen molar-refractivity contribution < 1.29 is 9.15 Å². The SMILES string of the molecule is COc1ccc(Nc2nc3sc(-c4ccccc4)cc3c(=O)o2)cc1. The minimum absolute atomic E-state index is 0.170. The van der Waals surface area contributed by atoms with Gasteiger partial charge in [0.1, 0.15) is 10.6 Å². The third kappa shape index (κ3) is 3.12. The Labute approximate surface area is 147 Å². The highest BCUT2D eigenvalue weighted by atomic mass is 32.1. The maximum Gasteiger partial charge on any atom is 0.349 e. The van der Waals surface area contributed by atoms with Gasteiger partial charge in [-0.05, 0) is 35.9 Å². The highest BCUT2D eigenvalue weighted by molar-refractivity contribution is 7.21. The molecule has 0 amide bonds. The molecule has 1 N–H and O–H groups in total. The van der Waals surface area contributed by atoms with Gasteiger partial charge in [-0.15, -0.1) is 11.3 Å². The number of hydrogen-bond acceptors (Lipinski definition) is 6. The van der Waals surface area contributed by atoms with Crippen LogP contribution in [0.1, 0.15) is 0 Å². The molecule has 0 saturated heterocycles. The minimum Gasteiger partial charge on any atom is -0.497 e. The van der Waals surface area contributed by atoms with E-state index in [0.29, 0.717) is 10.2 Å². The summed E-state index contributed by atoms with van der Waals surface area (Å²) in [5.41, 5.74) is 1.41. The zero-order valence-electron chi connectivity index (χ0n) is 13.4. The maximum atomic E-state index is 12.3. The van der Waals surface area contributed by atoms with Crippen molar-refractivity contribution in [3.05, 3.63) is 71.1 Å². The van der Waals surface area contributed by atoms with Gasteiger partial charge in [0.25, 0.3) is 0 Å². The molecule has 0 unspecified atom stereocenters. The molecule has 0 radical (unpaired) electrons. The lowest BCUT2D eigenvalue weighted by Gasteiger charge is -2.04. The highest BCUT2D eigenvalue weighted by Crippen LogP contribution is 2.31. The molecule has 0 saturated carbocycles. The molecular formula is C19H14N2O3S. The van der Waals surface area contributed by atoms with Crippen LogP contribution in [0.15, 0.2) is 69.9 Å². The van der Waals surface area contributed by atoms with E-state index in [1.807, 2.05) is 60.7 Å². The normalized spacial score (nSPS) is 10.8. The van der Waals surface area contributed by atoms with Gasteiger partial charge in [0.15, 0.2) is 0 Å². The summed E-state index contributed by atoms with van der Waals surface area (Å²) in [6.45, 7) is 0. The lowest BCUT2D eigenvalue weighted by molar-refractivity contribution is 0.415. The van der Waals surface area contributed by atoms with Gasteiger partial charge >= 0.3 is 11.6 Å². The fourth-order valence-corrected chi connectivity index (χ4v) is 3.48. The second kappa shape index (κ2) is 6.41. The molecule has 4 rings (SSSR count). The number of nitrogens with zero attached hydrogens (tertiary/aromatic N) is 1. The van der Waals surface area contributed by atoms with Crippen LogP contribution in [0.3, 0.4) is 0 Å². The topological polar surface area (TPSA) is 64.4 Å². The molecule has 0 fully saturated rings. The maximum absolute atomic E-state index is 12.3. The van der Waals surface area contributed by atoms with E-state index in [2.05, 4.69) is 10.3 Å². The van der Waals surface area contributed by atoms with Crippen LogP contribution in [0.5, 0.6) is 5.75 Å². The predicted octanol–water partition coefficient (Wildman–Crippen LogP) is 4.67. The first-order valence-electron chi connectivity index (χ1n) is 7.64. The zero-order chi connectivity index (χ0) is 17.2. The molecule has 6 heteroatoms. The monoisotopic (exact) mass is 350 g/mol. The number of ether oxygens (including phenoxy) is 1. The van der Waals surface area contributed by atoms with Crippen molar-refractivity contribution in [2.75, 3.05) is 12.4 Å². The van der Waals surface area contributed by atoms with Crippen molar-refractivity contribution in [1.82, 2.24) is 4.98 Å². The van der Waals surface area contributed by atoms with E-state index in [-0.39, 0.29) is 6.01 Å². The van der Waals surface area contributed by atoms with E-state index in [0.717, 1.165) is 21.9 Å². The Bertz CT molecular complexity index is 1070. The number of rotatable bonds is 4. The molecule has 0 spiro atoms. The van der Waals surface area contributed by atoms with Crippen molar-refractivity contribution in [3.8, 4) is 16.2 Å². The number of aromatic nitrogens is 1. The Morgan fingerprint density at radius 1 is 1.08 bits per heavy atom. The quantitative estimate of drug-likeness (QED) is 0.579. The molecule has 0 bridgehead atoms. The van der Waals surface area contributed by atoms with Crippen molar-refractivity contribution >= 4 is 33.3 Å². The highest BCUT2D eigenvalue weighted by Gasteiger charge is 2.12. The van der Waals surface area contributed by atoms with E-state index in [1.54, 1.807) is 7.11 Å². The fraction of sp³-hybridized carbons (Fsp3) is 0.0526. The molecule has 0 aliphatic carbocycles. The van der Waals surface area contributed by atoms with E-state index in [4.69, 9.17) is 9.15 Å². The third-order valence-electron chi connectivity index (χ3n) is 3.72. The van der Waals surface area contributed by atoms with E-state index in [9.17, 15) is 4.79 Å². The fourth-order valence-electron chi connectivity index (χ4n) is 2.46. The summed E-state index contributed by atoms with van der Waals surface area (Å²) in [5.74, 6) is 0.751. The summed E-state index contributed by atoms with van der Waals surface area (Å²) in [6.07, 6.45) is 0. The Balaban J connectivity index is 1.70. The largest absolute Gasteiger partial charge is 0.497 e. The molecule has 5 nitrogen and oxygen atoms in total. The predicted molar refractivity (Wildman–Crippen MR) is 99.9 cm³/mol. The van der Waals surface area contributed by atoms with Gasteiger partial charge in [-0.1, -0.05) is 30.3 Å². The molecule has 124 valence electrons. The Morgan fingerprint density at radius 3 is 2.56 bits per heavy atom. The lowest BCUT2D eigenvalue weighted by atomic mass is 10.2. The summed E-state index contributed by atoms with van der Waals surface area (Å²) in [6, 6.07) is 19.2. The van der Waals surface area contributed by atoms with Gasteiger partial charge in [-0.3, -0.25) is 0 Å². The first-order chi connectivity index (χ1) is 12.2. The zero-order valence-corrected chi connectivity index (χ0v) is 14.2. The molecule has 2 aromatic carbocycles. The summed E-state index contributed by atoms with van der Waals surface area (Å²) >= 11 is 1.46. The number of anilines is 2. The number of benzene rings is 2. The minimum atomic E-state index is -0.403. The molecule has 4 aromatic rings. The molecule has 25 heavy (non-hydrogen) atoms. The summed E-state index contributed by atoms with van der Waals surface area (Å²) in [7, 11) is 1.61. The molecule has 0 aliphatic heterocycles. The number of nitrogens with one attached hydrogen (secondary N) is 1. The number of thiophene rings is 1. The lowest BCUT2D eigenvalue weighted by Crippen LogP contribution is -2.03. The standard InChI is InChI=1S/C19H14N2O3S/c1-23-14-9-7-13(8-10-14)20-19-21-17-15(18(22)24-19)11-16(25-17)12-5-3-2-4-6-12/h2-11H,1H3,(H,20,21). The van der Waals surface area contributed by atoms with Gasteiger partial charge in [0.2, 0.25) is 0 Å². The van der Waals surface area contributed by atoms with Gasteiger partial charge in [0.05, 0.1) is 12.5 Å². The molecular weight excluding hydrogens is 336 g/mol. The van der Waals surface area contributed by atoms with Gasteiger partial charge in [-0.25, -0.2) is 4.79 Å². The Morgan fingerprint density at radius 2 is 1.84 bits per heavy atom. The van der Waals surface area contributed by atoms with Crippen LogP contribution in [-0.4, -0.2) is 12.1 Å². The van der Waals surface area contributed by atoms with E-state index >= 15 is 0 Å². The molecule has 0 atom stereocenters. The van der Waals surface area contributed by atoms with Crippen LogP contribution in [0, 0.1) is 0 Å². The van der Waals surface area contributed by atoms with Gasteiger partial charge < -0.3 is 14.5 Å². The smallest absolute Gasteiger partial charge is 0.349 e. The molecule has 0 aliphatic rings. The van der Waals surface area contributed by atoms with E-state index in [1.165, 1.54) is 11.3 Å². The van der Waals surface area contributed by atoms with Crippen molar-refractivity contribution in [2.45, 2.75) is 0 Å². The average Bonchev–Trinajstić information content (AvgIpc) is 3.08. The van der Waals surface area contributed by atoms with Gasteiger partial charge in [-0.2, -0.15) is 4.98 Å². The number of hydrogen-bond donors (Lipinski definition) is 1. The summed E-state index contributed by atoms with van der Waals surface area (Å²) in [4.78, 5) is 18.3. The van der Waals surface area contributed by atoms with Crippen LogP contribution in [-0.2, 0) is 0 Å². The first-order valence-corrected chi connectivity index (χ1v) is 8.46. The Hall–Kier alpha value is -3.12. The number of methoxy groups -OCH3 is 1. The van der Waals surface area contributed by atoms with Crippen LogP contribution in [0.25, 0.3) is 20.7 Å². The van der Waals surface area contributed by atoms with Crippen LogP contribution < -0.4 is 15.7 Å². The van der Waals surface area contributed by atoms with Crippen LogP contribution >= 0.6 is 11.3 Å². The molecule has 2 aromatic heterocycles. The number of fused-ring (bicyclic) bond motifs is 1. The van der Waals surface area contributed by atoms with Crippen LogP contribution in [0.2, 0.25) is 0 Å². The van der Waals surface area contributed by atoms with Crippen LogP contribution in [0.4, 0.5) is 11.7 Å². The Kier molecular flexibility index (Phi) is 3.95. The second-order valence-electron chi connectivity index (χ2n) is 5.36. The van der Waals surface area contributed by atoms with Crippen molar-refractivity contribution in [2.24, 2.45) is 0 Å². The molecule has 2 heterocycles. The van der Waals surface area contributed by atoms with Crippen molar-refractivity contribution in [1.29, 1.82) is 0 Å². The van der Waals surface area contributed by atoms with E-state index < -0.39 is 5.63 Å². The third-order valence-corrected chi connectivity index (χ3v) is 4.80.